The van der Waals surface area contributed by atoms with Crippen molar-refractivity contribution in [3.63, 3.8) is 0 Å². The Morgan fingerprint density at radius 2 is 2.07 bits per heavy atom. The van der Waals surface area contributed by atoms with Crippen LogP contribution in [0.15, 0.2) is 18.2 Å². The van der Waals surface area contributed by atoms with Gasteiger partial charge in [-0.2, -0.15) is 0 Å². The molecule has 0 spiro atoms. The monoisotopic (exact) mass is 233 g/mol. The Labute approximate surface area is 93.8 Å². The first-order valence-corrected chi connectivity index (χ1v) is 5.17. The molecule has 14 heavy (non-hydrogen) atoms. The van der Waals surface area contributed by atoms with Gasteiger partial charge in [0, 0.05) is 12.6 Å². The molecule has 0 fully saturated rings. The molecule has 0 saturated heterocycles. The van der Waals surface area contributed by atoms with Crippen molar-refractivity contribution in [2.24, 2.45) is 0 Å². The van der Waals surface area contributed by atoms with Crippen molar-refractivity contribution in [3.8, 4) is 0 Å². The summed E-state index contributed by atoms with van der Waals surface area (Å²) in [7, 11) is 0. The Kier molecular flexibility index (Phi) is 4.69. The quantitative estimate of drug-likeness (QED) is 0.838. The Morgan fingerprint density at radius 1 is 1.36 bits per heavy atom. The first-order valence-electron chi connectivity index (χ1n) is 4.41. The lowest BCUT2D eigenvalue weighted by Gasteiger charge is -2.10. The number of rotatable bonds is 4. The van der Waals surface area contributed by atoms with Gasteiger partial charge in [0.25, 0.3) is 0 Å². The lowest BCUT2D eigenvalue weighted by molar-refractivity contribution is 0.251. The molecule has 1 atom stereocenters. The van der Waals surface area contributed by atoms with Crippen LogP contribution in [0, 0.1) is 0 Å². The van der Waals surface area contributed by atoms with Gasteiger partial charge in [0.2, 0.25) is 0 Å². The van der Waals surface area contributed by atoms with Gasteiger partial charge in [-0.15, -0.1) is 0 Å². The number of aliphatic hydroxyl groups is 1. The van der Waals surface area contributed by atoms with E-state index in [1.54, 1.807) is 6.07 Å². The third kappa shape index (κ3) is 3.46. The lowest BCUT2D eigenvalue weighted by atomic mass is 10.2. The van der Waals surface area contributed by atoms with Gasteiger partial charge in [0.15, 0.2) is 0 Å². The molecular weight excluding hydrogens is 221 g/mol. The van der Waals surface area contributed by atoms with Crippen molar-refractivity contribution in [1.82, 2.24) is 5.32 Å². The number of nitrogens with one attached hydrogen (secondary N) is 1. The first-order chi connectivity index (χ1) is 6.63. The molecular formula is C10H13Cl2NO. The average Bonchev–Trinajstić information content (AvgIpc) is 2.19. The van der Waals surface area contributed by atoms with Crippen molar-refractivity contribution in [3.05, 3.63) is 33.8 Å². The van der Waals surface area contributed by atoms with Gasteiger partial charge in [0.1, 0.15) is 0 Å². The smallest absolute Gasteiger partial charge is 0.0595 e. The molecule has 78 valence electrons. The van der Waals surface area contributed by atoms with Crippen molar-refractivity contribution >= 4 is 23.2 Å². The molecule has 0 unspecified atom stereocenters. The predicted molar refractivity (Wildman–Crippen MR) is 59.8 cm³/mol. The van der Waals surface area contributed by atoms with Crippen LogP contribution >= 0.6 is 23.2 Å². The minimum atomic E-state index is 0.0875. The van der Waals surface area contributed by atoms with Crippen LogP contribution in [0.3, 0.4) is 0 Å². The number of hydrogen-bond acceptors (Lipinski definition) is 2. The summed E-state index contributed by atoms with van der Waals surface area (Å²) in [5.41, 5.74) is 1.06. The Balaban J connectivity index is 2.55. The molecule has 0 aliphatic heterocycles. The number of benzene rings is 1. The molecule has 2 N–H and O–H groups in total. The fourth-order valence-corrected chi connectivity index (χ4v) is 1.33. The maximum atomic E-state index is 8.80. The molecule has 0 bridgehead atoms. The van der Waals surface area contributed by atoms with Gasteiger partial charge >= 0.3 is 0 Å². The standard InChI is InChI=1S/C10H13Cl2NO/c1-7(6-14)13-5-8-2-3-9(11)10(12)4-8/h2-4,7,13-14H,5-6H2,1H3/t7-/m1/s1. The zero-order valence-electron chi connectivity index (χ0n) is 7.93. The average molecular weight is 234 g/mol. The normalized spacial score (nSPS) is 12.9. The third-order valence-corrected chi connectivity index (χ3v) is 2.65. The van der Waals surface area contributed by atoms with Crippen molar-refractivity contribution in [1.29, 1.82) is 0 Å². The van der Waals surface area contributed by atoms with Crippen LogP contribution in [0.1, 0.15) is 12.5 Å². The van der Waals surface area contributed by atoms with E-state index in [0.29, 0.717) is 16.6 Å². The summed E-state index contributed by atoms with van der Waals surface area (Å²) in [6.07, 6.45) is 0. The summed E-state index contributed by atoms with van der Waals surface area (Å²) in [5.74, 6) is 0. The van der Waals surface area contributed by atoms with E-state index in [1.807, 2.05) is 19.1 Å². The Hall–Kier alpha value is -0.280. The molecule has 0 amide bonds. The number of hydrogen-bond donors (Lipinski definition) is 2. The summed E-state index contributed by atoms with van der Waals surface area (Å²) >= 11 is 11.6. The fourth-order valence-electron chi connectivity index (χ4n) is 1.01. The van der Waals surface area contributed by atoms with Crippen LogP contribution in [0.2, 0.25) is 10.0 Å². The van der Waals surface area contributed by atoms with E-state index >= 15 is 0 Å². The van der Waals surface area contributed by atoms with Gasteiger partial charge < -0.3 is 10.4 Å². The second kappa shape index (κ2) is 5.56. The van der Waals surface area contributed by atoms with Gasteiger partial charge in [-0.25, -0.2) is 0 Å². The summed E-state index contributed by atoms with van der Waals surface area (Å²) in [6.45, 7) is 2.72. The van der Waals surface area contributed by atoms with E-state index < -0.39 is 0 Å². The largest absolute Gasteiger partial charge is 0.395 e. The maximum Gasteiger partial charge on any atom is 0.0595 e. The zero-order chi connectivity index (χ0) is 10.6. The van der Waals surface area contributed by atoms with Gasteiger partial charge in [-0.1, -0.05) is 29.3 Å². The second-order valence-corrected chi connectivity index (χ2v) is 4.03. The Morgan fingerprint density at radius 3 is 2.64 bits per heavy atom. The maximum absolute atomic E-state index is 8.80. The highest BCUT2D eigenvalue weighted by Gasteiger charge is 2.01. The molecule has 1 aromatic rings. The van der Waals surface area contributed by atoms with Crippen molar-refractivity contribution in [2.75, 3.05) is 6.61 Å². The van der Waals surface area contributed by atoms with Gasteiger partial charge in [-0.3, -0.25) is 0 Å². The van der Waals surface area contributed by atoms with E-state index in [-0.39, 0.29) is 12.6 Å². The minimum absolute atomic E-state index is 0.0875. The summed E-state index contributed by atoms with van der Waals surface area (Å²) in [4.78, 5) is 0. The molecule has 1 aromatic carbocycles. The zero-order valence-corrected chi connectivity index (χ0v) is 9.44. The molecule has 0 aromatic heterocycles. The summed E-state index contributed by atoms with van der Waals surface area (Å²) < 4.78 is 0. The molecule has 0 heterocycles. The van der Waals surface area contributed by atoms with E-state index in [0.717, 1.165) is 5.56 Å². The van der Waals surface area contributed by atoms with Crippen LogP contribution in [-0.4, -0.2) is 17.8 Å². The lowest BCUT2D eigenvalue weighted by Crippen LogP contribution is -2.28. The van der Waals surface area contributed by atoms with Crippen LogP contribution in [-0.2, 0) is 6.54 Å². The molecule has 4 heteroatoms. The topological polar surface area (TPSA) is 32.3 Å². The van der Waals surface area contributed by atoms with E-state index in [2.05, 4.69) is 5.32 Å². The van der Waals surface area contributed by atoms with Crippen LogP contribution < -0.4 is 5.32 Å². The molecule has 0 radical (unpaired) electrons. The SMILES string of the molecule is C[C@H](CO)NCc1ccc(Cl)c(Cl)c1. The van der Waals surface area contributed by atoms with Crippen LogP contribution in [0.5, 0.6) is 0 Å². The van der Waals surface area contributed by atoms with E-state index in [1.165, 1.54) is 0 Å². The van der Waals surface area contributed by atoms with Gasteiger partial charge in [-0.05, 0) is 24.6 Å². The van der Waals surface area contributed by atoms with E-state index in [9.17, 15) is 0 Å². The highest BCUT2D eigenvalue weighted by atomic mass is 35.5. The highest BCUT2D eigenvalue weighted by molar-refractivity contribution is 6.42. The second-order valence-electron chi connectivity index (χ2n) is 3.21. The molecule has 0 aliphatic carbocycles. The summed E-state index contributed by atoms with van der Waals surface area (Å²) in [6, 6.07) is 5.58. The predicted octanol–water partition coefficient (Wildman–Crippen LogP) is 2.46. The number of halogens is 2. The minimum Gasteiger partial charge on any atom is -0.395 e. The van der Waals surface area contributed by atoms with E-state index in [4.69, 9.17) is 28.3 Å². The van der Waals surface area contributed by atoms with Crippen molar-refractivity contribution in [2.45, 2.75) is 19.5 Å². The van der Waals surface area contributed by atoms with Crippen LogP contribution in [0.25, 0.3) is 0 Å². The van der Waals surface area contributed by atoms with Crippen LogP contribution in [0.4, 0.5) is 0 Å². The molecule has 1 rings (SSSR count). The molecule has 2 nitrogen and oxygen atoms in total. The highest BCUT2D eigenvalue weighted by Crippen LogP contribution is 2.22. The van der Waals surface area contributed by atoms with Crippen molar-refractivity contribution < 1.29 is 5.11 Å². The number of aliphatic hydroxyl groups excluding tert-OH is 1. The molecule has 0 saturated carbocycles. The Bertz CT molecular complexity index is 304. The van der Waals surface area contributed by atoms with Gasteiger partial charge in [0.05, 0.1) is 16.7 Å². The first kappa shape index (κ1) is 11.8. The summed E-state index contributed by atoms with van der Waals surface area (Å²) in [5, 5.41) is 13.1. The molecule has 0 aliphatic rings. The third-order valence-electron chi connectivity index (χ3n) is 1.91. The fraction of sp³-hybridized carbons (Fsp3) is 0.400.